The lowest BCUT2D eigenvalue weighted by Gasteiger charge is -2.15. The van der Waals surface area contributed by atoms with Crippen LogP contribution in [0.3, 0.4) is 0 Å². The summed E-state index contributed by atoms with van der Waals surface area (Å²) in [6.45, 7) is 0. The van der Waals surface area contributed by atoms with Crippen LogP contribution in [0.1, 0.15) is 11.1 Å². The number of ether oxygens (including phenoxy) is 2. The predicted molar refractivity (Wildman–Crippen MR) is 192 cm³/mol. The Morgan fingerprint density at radius 1 is 0.520 bits per heavy atom. The van der Waals surface area contributed by atoms with Crippen molar-refractivity contribution in [2.24, 2.45) is 0 Å². The molecule has 1 atom stereocenters. The number of esters is 1. The molecular formula is C42H32N4O4. The SMILES string of the molecule is O=C(Cc1ccc(CC(O)Oc2cc(-c3ccccc3)nc(-c3ccccc3)n2)cc1)Oc1cc(-c2ccccc2)nc(-c2ccccc2)n1. The third-order valence-corrected chi connectivity index (χ3v) is 7.87. The number of aliphatic hydroxyl groups is 1. The molecule has 1 unspecified atom stereocenters. The topological polar surface area (TPSA) is 107 Å². The lowest BCUT2D eigenvalue weighted by molar-refractivity contribution is -0.133. The number of aliphatic hydroxyl groups excluding tert-OH is 1. The molecule has 0 saturated heterocycles. The highest BCUT2D eigenvalue weighted by Gasteiger charge is 2.16. The van der Waals surface area contributed by atoms with Gasteiger partial charge in [-0.25, -0.2) is 9.97 Å². The predicted octanol–water partition coefficient (Wildman–Crippen LogP) is 8.02. The fourth-order valence-corrected chi connectivity index (χ4v) is 5.40. The van der Waals surface area contributed by atoms with Crippen molar-refractivity contribution in [3.8, 4) is 57.1 Å². The number of carbonyl (C=O) groups excluding carboxylic acids is 1. The van der Waals surface area contributed by atoms with E-state index >= 15 is 0 Å². The van der Waals surface area contributed by atoms with Crippen molar-refractivity contribution >= 4 is 5.97 Å². The van der Waals surface area contributed by atoms with E-state index in [1.807, 2.05) is 146 Å². The minimum Gasteiger partial charge on any atom is -0.448 e. The zero-order chi connectivity index (χ0) is 34.1. The van der Waals surface area contributed by atoms with E-state index in [1.54, 1.807) is 12.1 Å². The molecule has 0 saturated carbocycles. The smallest absolute Gasteiger partial charge is 0.316 e. The quantitative estimate of drug-likeness (QED) is 0.110. The van der Waals surface area contributed by atoms with Gasteiger partial charge >= 0.3 is 5.97 Å². The second-order valence-electron chi connectivity index (χ2n) is 11.5. The normalized spacial score (nSPS) is 11.5. The number of nitrogens with zero attached hydrogens (tertiary/aromatic N) is 4. The molecule has 50 heavy (non-hydrogen) atoms. The molecular weight excluding hydrogens is 624 g/mol. The molecule has 0 aliphatic rings. The van der Waals surface area contributed by atoms with Crippen molar-refractivity contribution in [1.29, 1.82) is 0 Å². The van der Waals surface area contributed by atoms with Crippen LogP contribution in [0, 0.1) is 0 Å². The van der Waals surface area contributed by atoms with Crippen LogP contribution < -0.4 is 9.47 Å². The molecule has 0 aliphatic heterocycles. The Morgan fingerprint density at radius 2 is 0.940 bits per heavy atom. The highest BCUT2D eigenvalue weighted by molar-refractivity contribution is 5.76. The maximum absolute atomic E-state index is 13.0. The summed E-state index contributed by atoms with van der Waals surface area (Å²) in [4.78, 5) is 31.6. The molecule has 7 rings (SSSR count). The molecule has 0 radical (unpaired) electrons. The van der Waals surface area contributed by atoms with Crippen LogP contribution in [0.2, 0.25) is 0 Å². The largest absolute Gasteiger partial charge is 0.448 e. The molecule has 8 nitrogen and oxygen atoms in total. The Hall–Kier alpha value is -6.51. The summed E-state index contributed by atoms with van der Waals surface area (Å²) >= 11 is 0. The monoisotopic (exact) mass is 656 g/mol. The standard InChI is InChI=1S/C42H32N4O4/c47-39(49-37-27-35(31-13-5-1-6-14-31)43-41(45-37)33-17-9-3-10-18-33)25-29-21-23-30(24-22-29)26-40(48)50-38-28-36(32-15-7-2-8-16-32)44-42(46-38)34-19-11-4-12-20-34/h1-24,27-28,39,47H,25-26H2. The molecule has 8 heteroatoms. The maximum Gasteiger partial charge on any atom is 0.316 e. The first kappa shape index (κ1) is 32.1. The first-order chi connectivity index (χ1) is 24.6. The van der Waals surface area contributed by atoms with Crippen molar-refractivity contribution in [2.45, 2.75) is 19.1 Å². The van der Waals surface area contributed by atoms with E-state index in [0.29, 0.717) is 23.0 Å². The fourth-order valence-electron chi connectivity index (χ4n) is 5.40. The zero-order valence-electron chi connectivity index (χ0n) is 27.0. The number of carbonyl (C=O) groups is 1. The van der Waals surface area contributed by atoms with Crippen molar-refractivity contribution in [1.82, 2.24) is 19.9 Å². The maximum atomic E-state index is 13.0. The number of benzene rings is 5. The summed E-state index contributed by atoms with van der Waals surface area (Å²) in [7, 11) is 0. The van der Waals surface area contributed by atoms with E-state index < -0.39 is 12.3 Å². The Kier molecular flexibility index (Phi) is 9.71. The first-order valence-corrected chi connectivity index (χ1v) is 16.2. The van der Waals surface area contributed by atoms with Gasteiger partial charge in [0.2, 0.25) is 18.1 Å². The van der Waals surface area contributed by atoms with Gasteiger partial charge in [-0.1, -0.05) is 146 Å². The van der Waals surface area contributed by atoms with Gasteiger partial charge in [0.1, 0.15) is 0 Å². The molecule has 244 valence electrons. The van der Waals surface area contributed by atoms with Crippen molar-refractivity contribution in [3.63, 3.8) is 0 Å². The van der Waals surface area contributed by atoms with Gasteiger partial charge in [-0.2, -0.15) is 9.97 Å². The van der Waals surface area contributed by atoms with Crippen molar-refractivity contribution < 1.29 is 19.4 Å². The molecule has 2 aromatic heterocycles. The fraction of sp³-hybridized carbons (Fsp3) is 0.0714. The summed E-state index contributed by atoms with van der Waals surface area (Å²) in [6.07, 6.45) is -0.916. The number of rotatable bonds is 11. The van der Waals surface area contributed by atoms with Gasteiger partial charge in [-0.3, -0.25) is 4.79 Å². The molecule has 5 aromatic carbocycles. The summed E-state index contributed by atoms with van der Waals surface area (Å²) in [6, 6.07) is 49.4. The highest BCUT2D eigenvalue weighted by atomic mass is 16.6. The van der Waals surface area contributed by atoms with Gasteiger partial charge in [0, 0.05) is 40.8 Å². The minimum absolute atomic E-state index is 0.0378. The molecule has 0 fully saturated rings. The third-order valence-electron chi connectivity index (χ3n) is 7.87. The Bertz CT molecular complexity index is 2070. The number of hydrogen-bond acceptors (Lipinski definition) is 8. The van der Waals surface area contributed by atoms with Gasteiger partial charge in [0.15, 0.2) is 11.6 Å². The first-order valence-electron chi connectivity index (χ1n) is 16.2. The third kappa shape index (κ3) is 8.13. The second-order valence-corrected chi connectivity index (χ2v) is 11.5. The van der Waals surface area contributed by atoms with E-state index in [9.17, 15) is 9.90 Å². The number of hydrogen-bond donors (Lipinski definition) is 1. The second kappa shape index (κ2) is 15.1. The average Bonchev–Trinajstić information content (AvgIpc) is 3.16. The molecule has 1 N–H and O–H groups in total. The van der Waals surface area contributed by atoms with Crippen LogP contribution in [0.25, 0.3) is 45.3 Å². The highest BCUT2D eigenvalue weighted by Crippen LogP contribution is 2.27. The van der Waals surface area contributed by atoms with E-state index in [1.165, 1.54) is 0 Å². The van der Waals surface area contributed by atoms with Crippen LogP contribution in [-0.2, 0) is 17.6 Å². The lowest BCUT2D eigenvalue weighted by atomic mass is 10.1. The summed E-state index contributed by atoms with van der Waals surface area (Å²) < 4.78 is 11.6. The van der Waals surface area contributed by atoms with Gasteiger partial charge in [0.25, 0.3) is 0 Å². The Morgan fingerprint density at radius 3 is 1.44 bits per heavy atom. The molecule has 0 amide bonds. The van der Waals surface area contributed by atoms with E-state index in [-0.39, 0.29) is 24.6 Å². The van der Waals surface area contributed by atoms with Crippen LogP contribution in [-0.4, -0.2) is 37.3 Å². The molecule has 2 heterocycles. The molecule has 0 bridgehead atoms. The Labute approximate surface area is 289 Å². The van der Waals surface area contributed by atoms with Gasteiger partial charge < -0.3 is 14.6 Å². The summed E-state index contributed by atoms with van der Waals surface area (Å²) in [5, 5.41) is 10.9. The van der Waals surface area contributed by atoms with E-state index in [0.717, 1.165) is 33.4 Å². The molecule has 0 aliphatic carbocycles. The number of aromatic nitrogens is 4. The van der Waals surface area contributed by atoms with Crippen molar-refractivity contribution in [2.75, 3.05) is 0 Å². The van der Waals surface area contributed by atoms with Crippen molar-refractivity contribution in [3.05, 3.63) is 169 Å². The molecule has 7 aromatic rings. The van der Waals surface area contributed by atoms with E-state index in [2.05, 4.69) is 9.97 Å². The zero-order valence-corrected chi connectivity index (χ0v) is 27.0. The van der Waals surface area contributed by atoms with Gasteiger partial charge in [-0.05, 0) is 11.1 Å². The van der Waals surface area contributed by atoms with Crippen LogP contribution >= 0.6 is 0 Å². The minimum atomic E-state index is -1.16. The van der Waals surface area contributed by atoms with E-state index in [4.69, 9.17) is 19.4 Å². The summed E-state index contributed by atoms with van der Waals surface area (Å²) in [5.41, 5.74) is 6.38. The Balaban J connectivity index is 1.02. The molecule has 0 spiro atoms. The van der Waals surface area contributed by atoms with Crippen LogP contribution in [0.15, 0.2) is 158 Å². The van der Waals surface area contributed by atoms with Gasteiger partial charge in [0.05, 0.1) is 17.8 Å². The van der Waals surface area contributed by atoms with Gasteiger partial charge in [-0.15, -0.1) is 0 Å². The lowest BCUT2D eigenvalue weighted by Crippen LogP contribution is -2.19. The van der Waals surface area contributed by atoms with Crippen LogP contribution in [0.4, 0.5) is 0 Å². The summed E-state index contributed by atoms with van der Waals surface area (Å²) in [5.74, 6) is 0.953. The van der Waals surface area contributed by atoms with Crippen LogP contribution in [0.5, 0.6) is 11.8 Å². The average molecular weight is 657 g/mol.